The number of ether oxygens (including phenoxy) is 1. The second-order valence-electron chi connectivity index (χ2n) is 6.27. The van der Waals surface area contributed by atoms with Gasteiger partial charge in [0.15, 0.2) is 11.0 Å². The van der Waals surface area contributed by atoms with Crippen LogP contribution in [0.3, 0.4) is 0 Å². The number of halogens is 2. The molecule has 1 heterocycles. The van der Waals surface area contributed by atoms with Crippen molar-refractivity contribution in [1.29, 1.82) is 0 Å². The number of methoxy groups -OCH3 is 1. The van der Waals surface area contributed by atoms with Crippen LogP contribution in [0.25, 0.3) is 17.1 Å². The summed E-state index contributed by atoms with van der Waals surface area (Å²) in [5.74, 6) is 1.75. The third kappa shape index (κ3) is 4.44. The Morgan fingerprint density at radius 3 is 2.55 bits per heavy atom. The van der Waals surface area contributed by atoms with Crippen LogP contribution in [0.5, 0.6) is 5.75 Å². The number of hydrogen-bond acceptors (Lipinski definition) is 4. The van der Waals surface area contributed by atoms with E-state index in [1.54, 1.807) is 13.2 Å². The Labute approximate surface area is 177 Å². The molecule has 0 saturated carbocycles. The van der Waals surface area contributed by atoms with Crippen molar-refractivity contribution in [2.45, 2.75) is 10.9 Å². The van der Waals surface area contributed by atoms with Crippen LogP contribution < -0.4 is 4.74 Å². The molecule has 0 fully saturated rings. The van der Waals surface area contributed by atoms with E-state index in [1.165, 1.54) is 23.9 Å². The third-order valence-corrected chi connectivity index (χ3v) is 5.56. The maximum Gasteiger partial charge on any atom is 0.196 e. The highest BCUT2D eigenvalue weighted by atomic mass is 35.5. The SMILES string of the molecule is COc1cccc(-c2nnc(SCc3cccc(F)c3)n2-c2ccc(Cl)cc2)c1. The maximum atomic E-state index is 13.5. The second-order valence-corrected chi connectivity index (χ2v) is 7.65. The first kappa shape index (κ1) is 19.5. The maximum absolute atomic E-state index is 13.5. The monoisotopic (exact) mass is 425 g/mol. The van der Waals surface area contributed by atoms with E-state index in [0.29, 0.717) is 21.8 Å². The second kappa shape index (κ2) is 8.68. The summed E-state index contributed by atoms with van der Waals surface area (Å²) in [5, 5.41) is 10.2. The Morgan fingerprint density at radius 1 is 1.00 bits per heavy atom. The average molecular weight is 426 g/mol. The Morgan fingerprint density at radius 2 is 1.79 bits per heavy atom. The molecule has 0 radical (unpaired) electrons. The summed E-state index contributed by atoms with van der Waals surface area (Å²) >= 11 is 7.56. The van der Waals surface area contributed by atoms with Crippen molar-refractivity contribution in [1.82, 2.24) is 14.8 Å². The highest BCUT2D eigenvalue weighted by Crippen LogP contribution is 2.31. The predicted molar refractivity (Wildman–Crippen MR) is 114 cm³/mol. The van der Waals surface area contributed by atoms with Gasteiger partial charge in [-0.2, -0.15) is 0 Å². The molecule has 7 heteroatoms. The molecule has 0 saturated heterocycles. The van der Waals surface area contributed by atoms with Crippen LogP contribution in [-0.2, 0) is 5.75 Å². The van der Waals surface area contributed by atoms with Gasteiger partial charge in [0.25, 0.3) is 0 Å². The molecular formula is C22H17ClFN3OS. The van der Waals surface area contributed by atoms with Crippen molar-refractivity contribution in [3.8, 4) is 22.8 Å². The molecule has 4 aromatic rings. The van der Waals surface area contributed by atoms with Gasteiger partial charge in [-0.3, -0.25) is 4.57 Å². The van der Waals surface area contributed by atoms with Gasteiger partial charge in [-0.15, -0.1) is 10.2 Å². The molecule has 0 N–H and O–H groups in total. The molecule has 29 heavy (non-hydrogen) atoms. The lowest BCUT2D eigenvalue weighted by atomic mass is 10.2. The highest BCUT2D eigenvalue weighted by Gasteiger charge is 2.17. The predicted octanol–water partition coefficient (Wildman–Crippen LogP) is 6.03. The van der Waals surface area contributed by atoms with Crippen LogP contribution in [0, 0.1) is 5.82 Å². The fourth-order valence-corrected chi connectivity index (χ4v) is 3.93. The quantitative estimate of drug-likeness (QED) is 0.354. The van der Waals surface area contributed by atoms with Gasteiger partial charge in [-0.05, 0) is 54.1 Å². The lowest BCUT2D eigenvalue weighted by Crippen LogP contribution is -2.00. The van der Waals surface area contributed by atoms with Crippen LogP contribution >= 0.6 is 23.4 Å². The fourth-order valence-electron chi connectivity index (χ4n) is 2.91. The number of hydrogen-bond donors (Lipinski definition) is 0. The number of rotatable bonds is 6. The van der Waals surface area contributed by atoms with E-state index in [-0.39, 0.29) is 5.82 Å². The summed E-state index contributed by atoms with van der Waals surface area (Å²) < 4.78 is 20.8. The minimum atomic E-state index is -0.251. The molecule has 0 spiro atoms. The summed E-state index contributed by atoms with van der Waals surface area (Å²) in [5.41, 5.74) is 2.65. The molecule has 0 amide bonds. The summed E-state index contributed by atoms with van der Waals surface area (Å²) in [4.78, 5) is 0. The van der Waals surface area contributed by atoms with E-state index in [2.05, 4.69) is 10.2 Å². The third-order valence-electron chi connectivity index (χ3n) is 4.30. The van der Waals surface area contributed by atoms with E-state index in [0.717, 1.165) is 22.6 Å². The number of benzene rings is 3. The van der Waals surface area contributed by atoms with Gasteiger partial charge < -0.3 is 4.74 Å². The van der Waals surface area contributed by atoms with Gasteiger partial charge in [0, 0.05) is 22.0 Å². The zero-order valence-electron chi connectivity index (χ0n) is 15.5. The van der Waals surface area contributed by atoms with Crippen molar-refractivity contribution in [2.75, 3.05) is 7.11 Å². The van der Waals surface area contributed by atoms with E-state index >= 15 is 0 Å². The van der Waals surface area contributed by atoms with Crippen LogP contribution in [0.15, 0.2) is 78.0 Å². The molecule has 0 bridgehead atoms. The largest absolute Gasteiger partial charge is 0.497 e. The first-order chi connectivity index (χ1) is 14.1. The molecule has 0 aliphatic rings. The van der Waals surface area contributed by atoms with Gasteiger partial charge in [0.05, 0.1) is 7.11 Å². The number of nitrogens with zero attached hydrogens (tertiary/aromatic N) is 3. The van der Waals surface area contributed by atoms with Gasteiger partial charge in [0.1, 0.15) is 11.6 Å². The average Bonchev–Trinajstić information content (AvgIpc) is 3.17. The van der Waals surface area contributed by atoms with Crippen LogP contribution in [0.4, 0.5) is 4.39 Å². The lowest BCUT2D eigenvalue weighted by Gasteiger charge is -2.11. The van der Waals surface area contributed by atoms with Crippen molar-refractivity contribution in [3.63, 3.8) is 0 Å². The molecule has 0 aliphatic carbocycles. The Balaban J connectivity index is 1.74. The van der Waals surface area contributed by atoms with Gasteiger partial charge in [0.2, 0.25) is 0 Å². The van der Waals surface area contributed by atoms with Crippen LogP contribution in [0.2, 0.25) is 5.02 Å². The summed E-state index contributed by atoms with van der Waals surface area (Å²) in [7, 11) is 1.63. The number of thioether (sulfide) groups is 1. The molecule has 1 aromatic heterocycles. The zero-order valence-corrected chi connectivity index (χ0v) is 17.1. The zero-order chi connectivity index (χ0) is 20.2. The van der Waals surface area contributed by atoms with E-state index < -0.39 is 0 Å². The van der Waals surface area contributed by atoms with Crippen molar-refractivity contribution >= 4 is 23.4 Å². The molecule has 4 rings (SSSR count). The van der Waals surface area contributed by atoms with Gasteiger partial charge in [-0.1, -0.05) is 47.6 Å². The van der Waals surface area contributed by atoms with Crippen LogP contribution in [-0.4, -0.2) is 21.9 Å². The Bertz CT molecular complexity index is 1130. The molecule has 0 atom stereocenters. The standard InChI is InChI=1S/C22H17ClFN3OS/c1-28-20-7-3-5-16(13-20)21-25-26-22(27(21)19-10-8-17(23)9-11-19)29-14-15-4-2-6-18(24)12-15/h2-13H,14H2,1H3. The van der Waals surface area contributed by atoms with Crippen molar-refractivity contribution < 1.29 is 9.13 Å². The minimum absolute atomic E-state index is 0.251. The first-order valence-corrected chi connectivity index (χ1v) is 10.2. The summed E-state index contributed by atoms with van der Waals surface area (Å²) in [6, 6.07) is 21.7. The smallest absolute Gasteiger partial charge is 0.196 e. The fraction of sp³-hybridized carbons (Fsp3) is 0.0909. The topological polar surface area (TPSA) is 39.9 Å². The van der Waals surface area contributed by atoms with Crippen molar-refractivity contribution in [2.24, 2.45) is 0 Å². The molecule has 3 aromatic carbocycles. The normalized spacial score (nSPS) is 10.9. The number of aromatic nitrogens is 3. The highest BCUT2D eigenvalue weighted by molar-refractivity contribution is 7.98. The molecular weight excluding hydrogens is 409 g/mol. The lowest BCUT2D eigenvalue weighted by molar-refractivity contribution is 0.415. The van der Waals surface area contributed by atoms with E-state index in [9.17, 15) is 4.39 Å². The molecule has 0 unspecified atom stereocenters. The molecule has 146 valence electrons. The van der Waals surface area contributed by atoms with Gasteiger partial charge >= 0.3 is 0 Å². The Hall–Kier alpha value is -2.83. The molecule has 0 aliphatic heterocycles. The van der Waals surface area contributed by atoms with E-state index in [4.69, 9.17) is 16.3 Å². The summed E-state index contributed by atoms with van der Waals surface area (Å²) in [6.45, 7) is 0. The Kier molecular flexibility index (Phi) is 5.83. The minimum Gasteiger partial charge on any atom is -0.497 e. The molecule has 4 nitrogen and oxygen atoms in total. The van der Waals surface area contributed by atoms with Crippen LogP contribution in [0.1, 0.15) is 5.56 Å². The summed E-state index contributed by atoms with van der Waals surface area (Å²) in [6.07, 6.45) is 0. The van der Waals surface area contributed by atoms with E-state index in [1.807, 2.05) is 59.2 Å². The van der Waals surface area contributed by atoms with Crippen molar-refractivity contribution in [3.05, 3.63) is 89.2 Å². The van der Waals surface area contributed by atoms with Gasteiger partial charge in [-0.25, -0.2) is 4.39 Å². The first-order valence-electron chi connectivity index (χ1n) is 8.87.